The van der Waals surface area contributed by atoms with Crippen LogP contribution in [-0.2, 0) is 9.84 Å². The summed E-state index contributed by atoms with van der Waals surface area (Å²) >= 11 is 0. The van der Waals surface area contributed by atoms with Crippen LogP contribution in [0.2, 0.25) is 0 Å². The zero-order valence-corrected chi connectivity index (χ0v) is 12.0. The minimum atomic E-state index is -3.33. The van der Waals surface area contributed by atoms with Gasteiger partial charge in [-0.2, -0.15) is 0 Å². The van der Waals surface area contributed by atoms with Gasteiger partial charge in [-0.15, -0.1) is 0 Å². The third kappa shape index (κ3) is 3.17. The highest BCUT2D eigenvalue weighted by atomic mass is 32.2. The lowest BCUT2D eigenvalue weighted by atomic mass is 10.1. The molecule has 0 saturated carbocycles. The van der Waals surface area contributed by atoms with E-state index in [1.165, 1.54) is 18.2 Å². The van der Waals surface area contributed by atoms with E-state index in [9.17, 15) is 12.8 Å². The summed E-state index contributed by atoms with van der Waals surface area (Å²) < 4.78 is 41.9. The summed E-state index contributed by atoms with van der Waals surface area (Å²) in [7, 11) is -3.33. The fourth-order valence-corrected chi connectivity index (χ4v) is 2.39. The van der Waals surface area contributed by atoms with Crippen LogP contribution in [0.3, 0.4) is 0 Å². The molecule has 0 aliphatic heterocycles. The van der Waals surface area contributed by atoms with Crippen molar-refractivity contribution in [3.8, 4) is 16.9 Å². The van der Waals surface area contributed by atoms with Crippen molar-refractivity contribution in [3.63, 3.8) is 0 Å². The topological polar surface area (TPSA) is 43.4 Å². The SMILES string of the molecule is CCOc1ccc(-c2[c]c(S(C)(=O)=O)ccc2)cc1F. The molecule has 105 valence electrons. The quantitative estimate of drug-likeness (QED) is 0.870. The Labute approximate surface area is 117 Å². The number of ether oxygens (including phenoxy) is 1. The predicted octanol–water partition coefficient (Wildman–Crippen LogP) is 3.10. The second-order valence-corrected chi connectivity index (χ2v) is 6.26. The molecule has 3 nitrogen and oxygen atoms in total. The van der Waals surface area contributed by atoms with Crippen molar-refractivity contribution in [2.75, 3.05) is 12.9 Å². The summed E-state index contributed by atoms with van der Waals surface area (Å²) in [5.74, 6) is -0.307. The fourth-order valence-electron chi connectivity index (χ4n) is 1.77. The van der Waals surface area contributed by atoms with Crippen molar-refractivity contribution in [2.45, 2.75) is 11.8 Å². The molecule has 0 aliphatic rings. The number of benzene rings is 2. The van der Waals surface area contributed by atoms with E-state index >= 15 is 0 Å². The van der Waals surface area contributed by atoms with Crippen LogP contribution in [0.1, 0.15) is 6.92 Å². The molecular formula is C15H14FO3S. The van der Waals surface area contributed by atoms with Gasteiger partial charge in [0.05, 0.1) is 11.5 Å². The van der Waals surface area contributed by atoms with Crippen LogP contribution in [0, 0.1) is 11.9 Å². The number of sulfone groups is 1. The minimum absolute atomic E-state index is 0.0873. The molecule has 0 aromatic heterocycles. The number of hydrogen-bond donors (Lipinski definition) is 0. The third-order valence-electron chi connectivity index (χ3n) is 2.71. The van der Waals surface area contributed by atoms with Gasteiger partial charge in [0.2, 0.25) is 0 Å². The minimum Gasteiger partial charge on any atom is -0.491 e. The first-order valence-corrected chi connectivity index (χ1v) is 7.96. The Hall–Kier alpha value is -1.88. The molecule has 20 heavy (non-hydrogen) atoms. The third-order valence-corrected chi connectivity index (χ3v) is 3.75. The first-order valence-electron chi connectivity index (χ1n) is 6.07. The second kappa shape index (κ2) is 5.63. The van der Waals surface area contributed by atoms with Crippen molar-refractivity contribution < 1.29 is 17.5 Å². The molecule has 0 spiro atoms. The summed E-state index contributed by atoms with van der Waals surface area (Å²) in [6.45, 7) is 2.16. The number of hydrogen-bond acceptors (Lipinski definition) is 3. The van der Waals surface area contributed by atoms with Crippen molar-refractivity contribution in [1.82, 2.24) is 0 Å². The van der Waals surface area contributed by atoms with Gasteiger partial charge < -0.3 is 4.74 Å². The highest BCUT2D eigenvalue weighted by molar-refractivity contribution is 7.90. The van der Waals surface area contributed by atoms with Gasteiger partial charge in [-0.3, -0.25) is 0 Å². The Morgan fingerprint density at radius 1 is 1.25 bits per heavy atom. The van der Waals surface area contributed by atoms with Crippen LogP contribution in [0.4, 0.5) is 4.39 Å². The summed E-state index contributed by atoms with van der Waals surface area (Å²) in [4.78, 5) is 0.0873. The molecular weight excluding hydrogens is 279 g/mol. The summed E-state index contributed by atoms with van der Waals surface area (Å²) in [5, 5.41) is 0. The lowest BCUT2D eigenvalue weighted by molar-refractivity contribution is 0.321. The molecule has 0 bridgehead atoms. The zero-order chi connectivity index (χ0) is 14.8. The monoisotopic (exact) mass is 293 g/mol. The van der Waals surface area contributed by atoms with Gasteiger partial charge in [-0.1, -0.05) is 18.2 Å². The lowest BCUT2D eigenvalue weighted by Crippen LogP contribution is -1.98. The van der Waals surface area contributed by atoms with Crippen LogP contribution in [0.5, 0.6) is 5.75 Å². The van der Waals surface area contributed by atoms with E-state index < -0.39 is 15.7 Å². The summed E-state index contributed by atoms with van der Waals surface area (Å²) in [5.41, 5.74) is 1.08. The van der Waals surface area contributed by atoms with E-state index in [0.29, 0.717) is 17.7 Å². The number of rotatable bonds is 4. The highest BCUT2D eigenvalue weighted by Gasteiger charge is 2.10. The Kier molecular flexibility index (Phi) is 4.09. The molecule has 5 heteroatoms. The van der Waals surface area contributed by atoms with Crippen molar-refractivity contribution in [3.05, 3.63) is 48.3 Å². The molecule has 0 aliphatic carbocycles. The second-order valence-electron chi connectivity index (χ2n) is 4.28. The van der Waals surface area contributed by atoms with Crippen LogP contribution in [0.15, 0.2) is 41.3 Å². The van der Waals surface area contributed by atoms with Crippen LogP contribution in [0.25, 0.3) is 11.1 Å². The molecule has 2 aromatic carbocycles. The van der Waals surface area contributed by atoms with Crippen molar-refractivity contribution in [2.24, 2.45) is 0 Å². The van der Waals surface area contributed by atoms with Gasteiger partial charge in [-0.05, 0) is 36.2 Å². The Bertz CT molecular complexity index is 724. The molecule has 0 fully saturated rings. The maximum absolute atomic E-state index is 13.8. The first-order chi connectivity index (χ1) is 9.41. The Morgan fingerprint density at radius 2 is 2.00 bits per heavy atom. The molecule has 0 amide bonds. The molecule has 2 aromatic rings. The van der Waals surface area contributed by atoms with Crippen molar-refractivity contribution in [1.29, 1.82) is 0 Å². The summed E-state index contributed by atoms with van der Waals surface area (Å²) in [6.07, 6.45) is 1.11. The van der Waals surface area contributed by atoms with Gasteiger partial charge >= 0.3 is 0 Å². The zero-order valence-electron chi connectivity index (χ0n) is 11.2. The van der Waals surface area contributed by atoms with E-state index in [2.05, 4.69) is 6.07 Å². The Balaban J connectivity index is 2.44. The van der Waals surface area contributed by atoms with E-state index in [-0.39, 0.29) is 10.6 Å². The Morgan fingerprint density at radius 3 is 2.60 bits per heavy atom. The largest absolute Gasteiger partial charge is 0.491 e. The van der Waals surface area contributed by atoms with Gasteiger partial charge in [0, 0.05) is 12.3 Å². The van der Waals surface area contributed by atoms with Gasteiger partial charge in [-0.25, -0.2) is 12.8 Å². The van der Waals surface area contributed by atoms with E-state index in [1.807, 2.05) is 0 Å². The smallest absolute Gasteiger partial charge is 0.176 e. The maximum Gasteiger partial charge on any atom is 0.176 e. The van der Waals surface area contributed by atoms with E-state index in [4.69, 9.17) is 4.74 Å². The molecule has 0 unspecified atom stereocenters. The van der Waals surface area contributed by atoms with Crippen molar-refractivity contribution >= 4 is 9.84 Å². The molecule has 2 rings (SSSR count). The summed E-state index contributed by atoms with van der Waals surface area (Å²) in [6, 6.07) is 12.0. The average Bonchev–Trinajstić information content (AvgIpc) is 2.40. The molecule has 0 saturated heterocycles. The molecule has 1 radical (unpaired) electrons. The van der Waals surface area contributed by atoms with Crippen LogP contribution in [-0.4, -0.2) is 21.3 Å². The van der Waals surface area contributed by atoms with Crippen LogP contribution >= 0.6 is 0 Å². The fraction of sp³-hybridized carbons (Fsp3) is 0.200. The first kappa shape index (κ1) is 14.5. The normalized spacial score (nSPS) is 11.3. The number of halogens is 1. The average molecular weight is 293 g/mol. The van der Waals surface area contributed by atoms with Gasteiger partial charge in [0.15, 0.2) is 21.4 Å². The maximum atomic E-state index is 13.8. The van der Waals surface area contributed by atoms with Gasteiger partial charge in [0.25, 0.3) is 0 Å². The molecule has 0 heterocycles. The molecule has 0 atom stereocenters. The van der Waals surface area contributed by atoms with E-state index in [0.717, 1.165) is 6.26 Å². The molecule has 0 N–H and O–H groups in total. The van der Waals surface area contributed by atoms with E-state index in [1.54, 1.807) is 25.1 Å². The highest BCUT2D eigenvalue weighted by Crippen LogP contribution is 2.26. The van der Waals surface area contributed by atoms with Crippen LogP contribution < -0.4 is 4.74 Å². The predicted molar refractivity (Wildman–Crippen MR) is 75.0 cm³/mol. The van der Waals surface area contributed by atoms with Gasteiger partial charge in [0.1, 0.15) is 0 Å². The standard InChI is InChI=1S/C15H14FO3S/c1-3-19-15-8-7-12(10-14(15)16)11-5-4-6-13(9-11)20(2,17)18/h4-8,10H,3H2,1-2H3. The lowest BCUT2D eigenvalue weighted by Gasteiger charge is -2.07.